The zero-order valence-electron chi connectivity index (χ0n) is 12.2. The Balaban J connectivity index is 2.02. The van der Waals surface area contributed by atoms with E-state index < -0.39 is 0 Å². The second-order valence-electron chi connectivity index (χ2n) is 6.19. The van der Waals surface area contributed by atoms with Crippen LogP contribution in [0.4, 0.5) is 0 Å². The van der Waals surface area contributed by atoms with Crippen molar-refractivity contribution >= 4 is 0 Å². The molecule has 0 amide bonds. The molecule has 0 spiro atoms. The summed E-state index contributed by atoms with van der Waals surface area (Å²) in [6, 6.07) is 0. The molecule has 3 nitrogen and oxygen atoms in total. The van der Waals surface area contributed by atoms with Gasteiger partial charge in [-0.1, -0.05) is 33.1 Å². The fraction of sp³-hybridized carbons (Fsp3) is 1.00. The van der Waals surface area contributed by atoms with E-state index in [2.05, 4.69) is 19.2 Å². The molecule has 0 heterocycles. The predicted molar refractivity (Wildman–Crippen MR) is 75.7 cm³/mol. The molecule has 1 fully saturated rings. The van der Waals surface area contributed by atoms with Crippen LogP contribution < -0.4 is 5.32 Å². The normalized spacial score (nSPS) is 19.3. The molecular weight excluding hydrogens is 226 g/mol. The highest BCUT2D eigenvalue weighted by Crippen LogP contribution is 2.35. The van der Waals surface area contributed by atoms with Gasteiger partial charge in [-0.25, -0.2) is 0 Å². The van der Waals surface area contributed by atoms with Crippen molar-refractivity contribution in [3.05, 3.63) is 0 Å². The first kappa shape index (κ1) is 15.9. The Hall–Kier alpha value is -0.120. The van der Waals surface area contributed by atoms with E-state index in [-0.39, 0.29) is 5.41 Å². The van der Waals surface area contributed by atoms with Crippen LogP contribution in [0.25, 0.3) is 0 Å². The van der Waals surface area contributed by atoms with Crippen molar-refractivity contribution in [1.29, 1.82) is 0 Å². The van der Waals surface area contributed by atoms with Gasteiger partial charge in [0.2, 0.25) is 0 Å². The molecule has 1 saturated carbocycles. The first-order valence-electron chi connectivity index (χ1n) is 7.58. The summed E-state index contributed by atoms with van der Waals surface area (Å²) in [5, 5.41) is 13.0. The molecule has 1 rings (SSSR count). The van der Waals surface area contributed by atoms with Crippen molar-refractivity contribution < 1.29 is 9.84 Å². The second-order valence-corrected chi connectivity index (χ2v) is 6.19. The van der Waals surface area contributed by atoms with Crippen LogP contribution in [-0.4, -0.2) is 38.0 Å². The van der Waals surface area contributed by atoms with E-state index in [0.717, 1.165) is 38.6 Å². The zero-order chi connectivity index (χ0) is 13.3. The Labute approximate surface area is 112 Å². The van der Waals surface area contributed by atoms with Crippen molar-refractivity contribution in [1.82, 2.24) is 5.32 Å². The summed E-state index contributed by atoms with van der Waals surface area (Å²) in [4.78, 5) is 0. The Bertz CT molecular complexity index is 201. The third-order valence-electron chi connectivity index (χ3n) is 4.01. The van der Waals surface area contributed by atoms with Crippen molar-refractivity contribution in [3.8, 4) is 0 Å². The van der Waals surface area contributed by atoms with E-state index in [1.165, 1.54) is 32.1 Å². The molecule has 0 aromatic rings. The van der Waals surface area contributed by atoms with Gasteiger partial charge in [0.25, 0.3) is 0 Å². The van der Waals surface area contributed by atoms with E-state index in [1.54, 1.807) is 0 Å². The molecule has 0 unspecified atom stereocenters. The van der Waals surface area contributed by atoms with E-state index in [9.17, 15) is 5.11 Å². The summed E-state index contributed by atoms with van der Waals surface area (Å²) in [5.74, 6) is 0.720. The number of aliphatic hydroxyl groups excluding tert-OH is 1. The number of ether oxygens (including phenoxy) is 1. The number of hydrogen-bond donors (Lipinski definition) is 2. The molecular formula is C15H31NO2. The van der Waals surface area contributed by atoms with Crippen LogP contribution in [0.3, 0.4) is 0 Å². The lowest BCUT2D eigenvalue weighted by molar-refractivity contribution is 0.0753. The monoisotopic (exact) mass is 257 g/mol. The first-order valence-corrected chi connectivity index (χ1v) is 7.58. The van der Waals surface area contributed by atoms with Crippen molar-refractivity contribution in [2.75, 3.05) is 32.9 Å². The molecule has 18 heavy (non-hydrogen) atoms. The molecule has 108 valence electrons. The maximum absolute atomic E-state index is 9.57. The number of nitrogens with one attached hydrogen (secondary N) is 1. The van der Waals surface area contributed by atoms with Gasteiger partial charge in [-0.3, -0.25) is 0 Å². The summed E-state index contributed by atoms with van der Waals surface area (Å²) in [6.45, 7) is 8.26. The van der Waals surface area contributed by atoms with Crippen LogP contribution in [0.15, 0.2) is 0 Å². The summed E-state index contributed by atoms with van der Waals surface area (Å²) in [6.07, 6.45) is 7.36. The minimum Gasteiger partial charge on any atom is -0.396 e. The van der Waals surface area contributed by atoms with Gasteiger partial charge in [0.05, 0.1) is 6.61 Å². The maximum Gasteiger partial charge on any atom is 0.0590 e. The van der Waals surface area contributed by atoms with Crippen molar-refractivity contribution in [2.24, 2.45) is 11.3 Å². The minimum absolute atomic E-state index is 0.149. The average Bonchev–Trinajstić information content (AvgIpc) is 2.38. The Morgan fingerprint density at radius 2 is 1.89 bits per heavy atom. The molecule has 0 aromatic heterocycles. The number of aliphatic hydroxyl groups is 1. The van der Waals surface area contributed by atoms with Gasteiger partial charge in [0, 0.05) is 31.7 Å². The highest BCUT2D eigenvalue weighted by molar-refractivity contribution is 4.84. The van der Waals surface area contributed by atoms with Gasteiger partial charge in [-0.15, -0.1) is 0 Å². The Kier molecular flexibility index (Phi) is 7.87. The predicted octanol–water partition coefficient (Wildman–Crippen LogP) is 2.58. The van der Waals surface area contributed by atoms with Crippen LogP contribution in [0.5, 0.6) is 0 Å². The molecule has 0 aliphatic heterocycles. The molecule has 0 saturated heterocycles. The SMILES string of the molecule is CC(C)CCOCCNCC1(CO)CCCCC1. The Morgan fingerprint density at radius 3 is 2.50 bits per heavy atom. The topological polar surface area (TPSA) is 41.5 Å². The van der Waals surface area contributed by atoms with Gasteiger partial charge in [0.15, 0.2) is 0 Å². The van der Waals surface area contributed by atoms with Crippen LogP contribution in [-0.2, 0) is 4.74 Å². The average molecular weight is 257 g/mol. The van der Waals surface area contributed by atoms with Gasteiger partial charge in [-0.05, 0) is 25.2 Å². The fourth-order valence-corrected chi connectivity index (χ4v) is 2.61. The minimum atomic E-state index is 0.149. The largest absolute Gasteiger partial charge is 0.396 e. The van der Waals surface area contributed by atoms with E-state index in [4.69, 9.17) is 4.74 Å². The van der Waals surface area contributed by atoms with Gasteiger partial charge in [0.1, 0.15) is 0 Å². The summed E-state index contributed by atoms with van der Waals surface area (Å²) < 4.78 is 5.58. The highest BCUT2D eigenvalue weighted by Gasteiger charge is 2.30. The smallest absolute Gasteiger partial charge is 0.0590 e. The van der Waals surface area contributed by atoms with Crippen LogP contribution in [0.1, 0.15) is 52.4 Å². The Morgan fingerprint density at radius 1 is 1.17 bits per heavy atom. The molecule has 1 aliphatic carbocycles. The number of hydrogen-bond acceptors (Lipinski definition) is 3. The number of rotatable bonds is 9. The third-order valence-corrected chi connectivity index (χ3v) is 4.01. The molecule has 0 aromatic carbocycles. The second kappa shape index (κ2) is 8.89. The fourth-order valence-electron chi connectivity index (χ4n) is 2.61. The zero-order valence-corrected chi connectivity index (χ0v) is 12.2. The maximum atomic E-state index is 9.57. The quantitative estimate of drug-likeness (QED) is 0.624. The van der Waals surface area contributed by atoms with Crippen LogP contribution in [0, 0.1) is 11.3 Å². The molecule has 0 bridgehead atoms. The first-order chi connectivity index (χ1) is 8.68. The third kappa shape index (κ3) is 6.17. The molecule has 2 N–H and O–H groups in total. The molecule has 0 atom stereocenters. The van der Waals surface area contributed by atoms with E-state index in [1.807, 2.05) is 0 Å². The van der Waals surface area contributed by atoms with Crippen molar-refractivity contribution in [3.63, 3.8) is 0 Å². The standard InChI is InChI=1S/C15H31NO2/c1-14(2)6-10-18-11-9-16-12-15(13-17)7-4-3-5-8-15/h14,16-17H,3-13H2,1-2H3. The molecule has 1 aliphatic rings. The van der Waals surface area contributed by atoms with Gasteiger partial charge < -0.3 is 15.2 Å². The van der Waals surface area contributed by atoms with E-state index in [0.29, 0.717) is 6.61 Å². The lowest BCUT2D eigenvalue weighted by Gasteiger charge is -2.35. The van der Waals surface area contributed by atoms with Crippen LogP contribution in [0.2, 0.25) is 0 Å². The van der Waals surface area contributed by atoms with Gasteiger partial charge >= 0.3 is 0 Å². The molecule has 3 heteroatoms. The molecule has 0 radical (unpaired) electrons. The highest BCUT2D eigenvalue weighted by atomic mass is 16.5. The summed E-state index contributed by atoms with van der Waals surface area (Å²) in [7, 11) is 0. The lowest BCUT2D eigenvalue weighted by Crippen LogP contribution is -2.40. The summed E-state index contributed by atoms with van der Waals surface area (Å²) in [5.41, 5.74) is 0.149. The summed E-state index contributed by atoms with van der Waals surface area (Å²) >= 11 is 0. The van der Waals surface area contributed by atoms with Gasteiger partial charge in [-0.2, -0.15) is 0 Å². The van der Waals surface area contributed by atoms with E-state index >= 15 is 0 Å². The van der Waals surface area contributed by atoms with Crippen LogP contribution >= 0.6 is 0 Å². The van der Waals surface area contributed by atoms with Crippen molar-refractivity contribution in [2.45, 2.75) is 52.4 Å². The lowest BCUT2D eigenvalue weighted by atomic mass is 9.74.